The van der Waals surface area contributed by atoms with Crippen LogP contribution in [-0.4, -0.2) is 12.1 Å². The van der Waals surface area contributed by atoms with Gasteiger partial charge in [0.05, 0.1) is 17.3 Å². The van der Waals surface area contributed by atoms with Crippen LogP contribution in [0.3, 0.4) is 0 Å². The van der Waals surface area contributed by atoms with Gasteiger partial charge < -0.3 is 4.74 Å². The molecule has 3 heteroatoms. The number of aromatic nitrogens is 1. The van der Waals surface area contributed by atoms with Crippen molar-refractivity contribution in [2.75, 3.05) is 7.11 Å². The highest BCUT2D eigenvalue weighted by atomic mass is 32.1. The first-order valence-electron chi connectivity index (χ1n) is 7.34. The zero-order valence-corrected chi connectivity index (χ0v) is 14.7. The fraction of sp³-hybridized carbons (Fsp3) is 0.500. The highest BCUT2D eigenvalue weighted by Crippen LogP contribution is 2.28. The van der Waals surface area contributed by atoms with E-state index in [-0.39, 0.29) is 5.41 Å². The molecule has 2 rings (SSSR count). The van der Waals surface area contributed by atoms with Gasteiger partial charge >= 0.3 is 0 Å². The molecule has 0 aliphatic carbocycles. The SMILES string of the molecule is COCc1csc(Cc2c(C)cc(C(C)(C)C)cc2C)n1. The summed E-state index contributed by atoms with van der Waals surface area (Å²) in [7, 11) is 1.71. The van der Waals surface area contributed by atoms with Crippen LogP contribution < -0.4 is 0 Å². The predicted molar refractivity (Wildman–Crippen MR) is 90.2 cm³/mol. The number of nitrogens with zero attached hydrogens (tertiary/aromatic N) is 1. The maximum Gasteiger partial charge on any atom is 0.0973 e. The Morgan fingerprint density at radius 3 is 2.29 bits per heavy atom. The van der Waals surface area contributed by atoms with Crippen molar-refractivity contribution in [2.45, 2.75) is 53.1 Å². The molecule has 114 valence electrons. The van der Waals surface area contributed by atoms with Gasteiger partial charge in [-0.2, -0.15) is 0 Å². The molecule has 1 aromatic heterocycles. The molecule has 0 amide bonds. The molecule has 0 saturated heterocycles. The Morgan fingerprint density at radius 2 is 1.76 bits per heavy atom. The van der Waals surface area contributed by atoms with E-state index < -0.39 is 0 Å². The lowest BCUT2D eigenvalue weighted by atomic mass is 9.83. The van der Waals surface area contributed by atoms with E-state index in [1.165, 1.54) is 22.3 Å². The van der Waals surface area contributed by atoms with Crippen molar-refractivity contribution in [2.24, 2.45) is 0 Å². The van der Waals surface area contributed by atoms with Crippen LogP contribution in [0, 0.1) is 13.8 Å². The molecule has 0 aliphatic rings. The number of thiazole rings is 1. The lowest BCUT2D eigenvalue weighted by Crippen LogP contribution is -2.12. The molecule has 0 unspecified atom stereocenters. The van der Waals surface area contributed by atoms with Gasteiger partial charge in [-0.15, -0.1) is 11.3 Å². The van der Waals surface area contributed by atoms with Crippen LogP contribution in [0.1, 0.15) is 53.7 Å². The Bertz CT molecular complexity index is 599. The molecule has 1 aromatic carbocycles. The third-order valence-electron chi connectivity index (χ3n) is 3.78. The van der Waals surface area contributed by atoms with Crippen LogP contribution in [0.5, 0.6) is 0 Å². The van der Waals surface area contributed by atoms with E-state index in [0.29, 0.717) is 6.61 Å². The molecular weight excluding hydrogens is 278 g/mol. The second-order valence-electron chi connectivity index (χ2n) is 6.68. The first-order valence-corrected chi connectivity index (χ1v) is 8.22. The average Bonchev–Trinajstić information content (AvgIpc) is 2.80. The smallest absolute Gasteiger partial charge is 0.0973 e. The lowest BCUT2D eigenvalue weighted by Gasteiger charge is -2.22. The third-order valence-corrected chi connectivity index (χ3v) is 4.68. The van der Waals surface area contributed by atoms with Gasteiger partial charge in [0.15, 0.2) is 0 Å². The van der Waals surface area contributed by atoms with Crippen LogP contribution in [0.25, 0.3) is 0 Å². The number of hydrogen-bond acceptors (Lipinski definition) is 3. The van der Waals surface area contributed by atoms with Crippen LogP contribution in [-0.2, 0) is 23.2 Å². The molecule has 0 atom stereocenters. The van der Waals surface area contributed by atoms with Crippen LogP contribution in [0.4, 0.5) is 0 Å². The number of ether oxygens (including phenoxy) is 1. The molecule has 0 fully saturated rings. The number of methoxy groups -OCH3 is 1. The molecule has 21 heavy (non-hydrogen) atoms. The topological polar surface area (TPSA) is 22.1 Å². The van der Waals surface area contributed by atoms with E-state index >= 15 is 0 Å². The van der Waals surface area contributed by atoms with Crippen LogP contribution >= 0.6 is 11.3 Å². The number of benzene rings is 1. The average molecular weight is 303 g/mol. The molecular formula is C18H25NOS. The summed E-state index contributed by atoms with van der Waals surface area (Å²) in [6.45, 7) is 11.8. The van der Waals surface area contributed by atoms with E-state index in [9.17, 15) is 0 Å². The number of aryl methyl sites for hydroxylation is 2. The predicted octanol–water partition coefficient (Wildman–Crippen LogP) is 4.79. The zero-order valence-electron chi connectivity index (χ0n) is 13.9. The zero-order chi connectivity index (χ0) is 15.6. The summed E-state index contributed by atoms with van der Waals surface area (Å²) >= 11 is 1.72. The minimum Gasteiger partial charge on any atom is -0.378 e. The summed E-state index contributed by atoms with van der Waals surface area (Å²) in [6.07, 6.45) is 0.913. The Kier molecular flexibility index (Phi) is 4.84. The van der Waals surface area contributed by atoms with E-state index in [1.807, 2.05) is 0 Å². The van der Waals surface area contributed by atoms with Crippen molar-refractivity contribution < 1.29 is 4.74 Å². The van der Waals surface area contributed by atoms with Crippen molar-refractivity contribution >= 4 is 11.3 Å². The fourth-order valence-corrected chi connectivity index (χ4v) is 3.29. The second-order valence-corrected chi connectivity index (χ2v) is 7.62. The van der Waals surface area contributed by atoms with Crippen molar-refractivity contribution in [3.05, 3.63) is 50.5 Å². The van der Waals surface area contributed by atoms with Crippen LogP contribution in [0.2, 0.25) is 0 Å². The Hall–Kier alpha value is -1.19. The van der Waals surface area contributed by atoms with Crippen molar-refractivity contribution in [3.8, 4) is 0 Å². The summed E-state index contributed by atoms with van der Waals surface area (Å²) < 4.78 is 5.14. The molecule has 0 N–H and O–H groups in total. The Balaban J connectivity index is 2.27. The second kappa shape index (κ2) is 6.29. The summed E-state index contributed by atoms with van der Waals surface area (Å²) in [5, 5.41) is 3.25. The number of rotatable bonds is 4. The van der Waals surface area contributed by atoms with Gasteiger partial charge in [0.25, 0.3) is 0 Å². The molecule has 2 nitrogen and oxygen atoms in total. The van der Waals surface area contributed by atoms with E-state index in [1.54, 1.807) is 18.4 Å². The number of hydrogen-bond donors (Lipinski definition) is 0. The van der Waals surface area contributed by atoms with Crippen molar-refractivity contribution in [3.63, 3.8) is 0 Å². The fourth-order valence-electron chi connectivity index (χ4n) is 2.50. The largest absolute Gasteiger partial charge is 0.378 e. The van der Waals surface area contributed by atoms with Crippen molar-refractivity contribution in [1.82, 2.24) is 4.98 Å². The van der Waals surface area contributed by atoms with Gasteiger partial charge in [-0.3, -0.25) is 0 Å². The van der Waals surface area contributed by atoms with Gasteiger partial charge in [-0.1, -0.05) is 32.9 Å². The van der Waals surface area contributed by atoms with Gasteiger partial charge in [0.1, 0.15) is 0 Å². The molecule has 1 heterocycles. The summed E-state index contributed by atoms with van der Waals surface area (Å²) in [5.41, 5.74) is 6.76. The molecule has 0 bridgehead atoms. The summed E-state index contributed by atoms with van der Waals surface area (Å²) in [5.74, 6) is 0. The first-order chi connectivity index (χ1) is 9.81. The Morgan fingerprint density at radius 1 is 1.14 bits per heavy atom. The van der Waals surface area contributed by atoms with Crippen molar-refractivity contribution in [1.29, 1.82) is 0 Å². The normalized spacial score (nSPS) is 11.9. The highest BCUT2D eigenvalue weighted by Gasteiger charge is 2.17. The van der Waals surface area contributed by atoms with E-state index in [0.717, 1.165) is 17.1 Å². The Labute approximate surface area is 132 Å². The first kappa shape index (κ1) is 16.2. The van der Waals surface area contributed by atoms with Gasteiger partial charge in [0.2, 0.25) is 0 Å². The van der Waals surface area contributed by atoms with E-state index in [2.05, 4.69) is 57.1 Å². The molecule has 0 radical (unpaired) electrons. The molecule has 0 spiro atoms. The maximum absolute atomic E-state index is 5.14. The molecule has 0 saturated carbocycles. The summed E-state index contributed by atoms with van der Waals surface area (Å²) in [6, 6.07) is 4.65. The van der Waals surface area contributed by atoms with E-state index in [4.69, 9.17) is 4.74 Å². The van der Waals surface area contributed by atoms with Crippen LogP contribution in [0.15, 0.2) is 17.5 Å². The molecule has 2 aromatic rings. The monoisotopic (exact) mass is 303 g/mol. The van der Waals surface area contributed by atoms with Gasteiger partial charge in [0, 0.05) is 18.9 Å². The minimum atomic E-state index is 0.195. The summed E-state index contributed by atoms with van der Waals surface area (Å²) in [4.78, 5) is 4.64. The van der Waals surface area contributed by atoms with Gasteiger partial charge in [-0.25, -0.2) is 4.98 Å². The standard InChI is InChI=1S/C18H25NOS/c1-12-7-14(18(3,4)5)8-13(2)16(12)9-17-19-15(10-20-6)11-21-17/h7-8,11H,9-10H2,1-6H3. The molecule has 0 aliphatic heterocycles. The quantitative estimate of drug-likeness (QED) is 0.810. The third kappa shape index (κ3) is 3.92. The minimum absolute atomic E-state index is 0.195. The lowest BCUT2D eigenvalue weighted by molar-refractivity contribution is 0.182. The highest BCUT2D eigenvalue weighted by molar-refractivity contribution is 7.09. The maximum atomic E-state index is 5.14. The van der Waals surface area contributed by atoms with Gasteiger partial charge in [-0.05, 0) is 41.5 Å².